The Balaban J connectivity index is 2.16. The van der Waals surface area contributed by atoms with Crippen molar-refractivity contribution in [2.45, 2.75) is 33.7 Å². The van der Waals surface area contributed by atoms with E-state index in [9.17, 15) is 4.79 Å². The van der Waals surface area contributed by atoms with Crippen LogP contribution < -0.4 is 10.6 Å². The van der Waals surface area contributed by atoms with Crippen molar-refractivity contribution in [3.8, 4) is 0 Å². The first-order valence-corrected chi connectivity index (χ1v) is 7.06. The molecule has 0 saturated carbocycles. The van der Waals surface area contributed by atoms with Crippen molar-refractivity contribution in [1.82, 2.24) is 4.98 Å². The molecule has 1 amide bonds. The van der Waals surface area contributed by atoms with Crippen LogP contribution in [0.5, 0.6) is 0 Å². The van der Waals surface area contributed by atoms with E-state index in [1.165, 1.54) is 0 Å². The number of carbonyl (C=O) groups is 1. The first-order chi connectivity index (χ1) is 9.94. The summed E-state index contributed by atoms with van der Waals surface area (Å²) >= 11 is 0. The number of anilines is 2. The Morgan fingerprint density at radius 2 is 1.71 bits per heavy atom. The number of aromatic nitrogens is 1. The van der Waals surface area contributed by atoms with E-state index >= 15 is 0 Å². The smallest absolute Gasteiger partial charge is 0.274 e. The SMILES string of the molecule is Cc1cc(C)cc(NC(=O)c2cc(NC(C)C)ccn2)c1. The highest BCUT2D eigenvalue weighted by atomic mass is 16.1. The lowest BCUT2D eigenvalue weighted by Gasteiger charge is -2.11. The molecule has 0 fully saturated rings. The summed E-state index contributed by atoms with van der Waals surface area (Å²) in [7, 11) is 0. The third-order valence-corrected chi connectivity index (χ3v) is 2.93. The highest BCUT2D eigenvalue weighted by Crippen LogP contribution is 2.16. The van der Waals surface area contributed by atoms with Crippen LogP contribution in [0.3, 0.4) is 0 Å². The number of rotatable bonds is 4. The van der Waals surface area contributed by atoms with Crippen molar-refractivity contribution in [3.63, 3.8) is 0 Å². The third-order valence-electron chi connectivity index (χ3n) is 2.93. The molecule has 4 nitrogen and oxygen atoms in total. The molecule has 2 rings (SSSR count). The van der Waals surface area contributed by atoms with Crippen LogP contribution in [0.2, 0.25) is 0 Å². The molecule has 4 heteroatoms. The zero-order valence-corrected chi connectivity index (χ0v) is 12.9. The monoisotopic (exact) mass is 283 g/mol. The quantitative estimate of drug-likeness (QED) is 0.898. The van der Waals surface area contributed by atoms with E-state index in [0.29, 0.717) is 11.7 Å². The molecule has 0 atom stereocenters. The summed E-state index contributed by atoms with van der Waals surface area (Å²) in [5.74, 6) is -0.201. The fourth-order valence-corrected chi connectivity index (χ4v) is 2.22. The minimum atomic E-state index is -0.201. The number of carbonyl (C=O) groups excluding carboxylic acids is 1. The van der Waals surface area contributed by atoms with Crippen molar-refractivity contribution < 1.29 is 4.79 Å². The van der Waals surface area contributed by atoms with Crippen LogP contribution in [-0.4, -0.2) is 16.9 Å². The van der Waals surface area contributed by atoms with Gasteiger partial charge in [0, 0.05) is 23.6 Å². The van der Waals surface area contributed by atoms with E-state index < -0.39 is 0 Å². The normalized spacial score (nSPS) is 10.5. The molecule has 0 saturated heterocycles. The second-order valence-electron chi connectivity index (χ2n) is 5.56. The lowest BCUT2D eigenvalue weighted by atomic mass is 10.1. The molecule has 110 valence electrons. The van der Waals surface area contributed by atoms with Gasteiger partial charge >= 0.3 is 0 Å². The number of nitrogens with one attached hydrogen (secondary N) is 2. The largest absolute Gasteiger partial charge is 0.383 e. The van der Waals surface area contributed by atoms with Crippen molar-refractivity contribution in [3.05, 3.63) is 53.3 Å². The Morgan fingerprint density at radius 1 is 1.05 bits per heavy atom. The maximum atomic E-state index is 12.3. The third kappa shape index (κ3) is 4.31. The Morgan fingerprint density at radius 3 is 2.33 bits per heavy atom. The van der Waals surface area contributed by atoms with Crippen LogP contribution in [0.25, 0.3) is 0 Å². The molecule has 0 aliphatic rings. The van der Waals surface area contributed by atoms with Gasteiger partial charge in [-0.1, -0.05) is 6.07 Å². The van der Waals surface area contributed by atoms with E-state index in [-0.39, 0.29) is 5.91 Å². The number of nitrogens with zero attached hydrogens (tertiary/aromatic N) is 1. The summed E-state index contributed by atoms with van der Waals surface area (Å²) in [4.78, 5) is 16.4. The minimum absolute atomic E-state index is 0.201. The van der Waals surface area contributed by atoms with Gasteiger partial charge in [0.15, 0.2) is 0 Å². The molecule has 0 bridgehead atoms. The van der Waals surface area contributed by atoms with Gasteiger partial charge in [0.25, 0.3) is 5.91 Å². The number of aryl methyl sites for hydroxylation is 2. The Hall–Kier alpha value is -2.36. The van der Waals surface area contributed by atoms with Gasteiger partial charge in [-0.05, 0) is 63.1 Å². The summed E-state index contributed by atoms with van der Waals surface area (Å²) in [6.45, 7) is 8.12. The van der Waals surface area contributed by atoms with Crippen molar-refractivity contribution in [1.29, 1.82) is 0 Å². The molecule has 2 aromatic rings. The lowest BCUT2D eigenvalue weighted by Crippen LogP contribution is -2.15. The van der Waals surface area contributed by atoms with Crippen molar-refractivity contribution in [2.24, 2.45) is 0 Å². The van der Waals surface area contributed by atoms with Crippen molar-refractivity contribution >= 4 is 17.3 Å². The molecule has 0 aliphatic heterocycles. The molecule has 0 aliphatic carbocycles. The molecule has 1 aromatic carbocycles. The van der Waals surface area contributed by atoms with Crippen LogP contribution in [0.15, 0.2) is 36.5 Å². The van der Waals surface area contributed by atoms with Crippen LogP contribution in [-0.2, 0) is 0 Å². The molecule has 1 heterocycles. The van der Waals surface area contributed by atoms with E-state index in [0.717, 1.165) is 22.5 Å². The van der Waals surface area contributed by atoms with Gasteiger partial charge in [0.05, 0.1) is 0 Å². The number of benzene rings is 1. The molecule has 0 radical (unpaired) electrons. The van der Waals surface area contributed by atoms with Crippen LogP contribution in [0, 0.1) is 13.8 Å². The van der Waals surface area contributed by atoms with Gasteiger partial charge in [-0.2, -0.15) is 0 Å². The molecule has 0 spiro atoms. The molecule has 21 heavy (non-hydrogen) atoms. The van der Waals surface area contributed by atoms with Crippen molar-refractivity contribution in [2.75, 3.05) is 10.6 Å². The lowest BCUT2D eigenvalue weighted by molar-refractivity contribution is 0.102. The zero-order chi connectivity index (χ0) is 15.4. The highest BCUT2D eigenvalue weighted by molar-refractivity contribution is 6.03. The second-order valence-corrected chi connectivity index (χ2v) is 5.56. The molecular formula is C17H21N3O. The van der Waals surface area contributed by atoms with Gasteiger partial charge in [-0.15, -0.1) is 0 Å². The second kappa shape index (κ2) is 6.39. The van der Waals surface area contributed by atoms with Gasteiger partial charge < -0.3 is 10.6 Å². The first kappa shape index (κ1) is 15.0. The Bertz CT molecular complexity index is 630. The average Bonchev–Trinajstić information content (AvgIpc) is 2.36. The summed E-state index contributed by atoms with van der Waals surface area (Å²) in [6.07, 6.45) is 1.64. The number of hydrogen-bond donors (Lipinski definition) is 2. The van der Waals surface area contributed by atoms with Crippen LogP contribution >= 0.6 is 0 Å². The molecular weight excluding hydrogens is 262 g/mol. The minimum Gasteiger partial charge on any atom is -0.383 e. The van der Waals surface area contributed by atoms with E-state index in [1.807, 2.05) is 32.0 Å². The topological polar surface area (TPSA) is 54.0 Å². The van der Waals surface area contributed by atoms with Crippen LogP contribution in [0.4, 0.5) is 11.4 Å². The van der Waals surface area contributed by atoms with Gasteiger partial charge in [-0.3, -0.25) is 9.78 Å². The Kier molecular flexibility index (Phi) is 4.58. The highest BCUT2D eigenvalue weighted by Gasteiger charge is 2.09. The average molecular weight is 283 g/mol. The molecule has 0 unspecified atom stereocenters. The van der Waals surface area contributed by atoms with E-state index in [1.54, 1.807) is 12.3 Å². The summed E-state index contributed by atoms with van der Waals surface area (Å²) < 4.78 is 0. The van der Waals surface area contributed by atoms with Crippen LogP contribution in [0.1, 0.15) is 35.5 Å². The number of hydrogen-bond acceptors (Lipinski definition) is 3. The summed E-state index contributed by atoms with van der Waals surface area (Å²) in [5.41, 5.74) is 4.33. The zero-order valence-electron chi connectivity index (χ0n) is 12.9. The van der Waals surface area contributed by atoms with Gasteiger partial charge in [0.1, 0.15) is 5.69 Å². The Labute approximate surface area is 125 Å². The number of pyridine rings is 1. The summed E-state index contributed by atoms with van der Waals surface area (Å²) in [6, 6.07) is 9.89. The maximum Gasteiger partial charge on any atom is 0.274 e. The van der Waals surface area contributed by atoms with E-state index in [2.05, 4.69) is 35.5 Å². The fourth-order valence-electron chi connectivity index (χ4n) is 2.22. The van der Waals surface area contributed by atoms with Gasteiger partial charge in [0.2, 0.25) is 0 Å². The number of amides is 1. The standard InChI is InChI=1S/C17H21N3O/c1-11(2)19-14-5-6-18-16(10-14)17(21)20-15-8-12(3)7-13(4)9-15/h5-11H,1-4H3,(H,18,19)(H,20,21). The van der Waals surface area contributed by atoms with E-state index in [4.69, 9.17) is 0 Å². The fraction of sp³-hybridized carbons (Fsp3) is 0.294. The molecule has 2 N–H and O–H groups in total. The predicted molar refractivity (Wildman–Crippen MR) is 86.9 cm³/mol. The molecule has 1 aromatic heterocycles. The first-order valence-electron chi connectivity index (χ1n) is 7.06. The van der Waals surface area contributed by atoms with Gasteiger partial charge in [-0.25, -0.2) is 0 Å². The maximum absolute atomic E-state index is 12.3. The summed E-state index contributed by atoms with van der Waals surface area (Å²) in [5, 5.41) is 6.15. The predicted octanol–water partition coefficient (Wildman–Crippen LogP) is 3.77.